The molecule has 0 fully saturated rings. The molecule has 0 saturated carbocycles. The van der Waals surface area contributed by atoms with Gasteiger partial charge in [0.15, 0.2) is 23.4 Å². The van der Waals surface area contributed by atoms with Crippen LogP contribution < -0.4 is 9.47 Å². The zero-order chi connectivity index (χ0) is 25.2. The Balaban J connectivity index is 1.49. The molecule has 0 spiro atoms. The molecule has 2 heterocycles. The van der Waals surface area contributed by atoms with Crippen LogP contribution in [0.5, 0.6) is 23.0 Å². The molecule has 5 rings (SSSR count). The van der Waals surface area contributed by atoms with Gasteiger partial charge in [0.2, 0.25) is 5.75 Å². The molecule has 0 unspecified atom stereocenters. The Morgan fingerprint density at radius 3 is 2.33 bits per heavy atom. The highest BCUT2D eigenvalue weighted by atomic mass is 16.6. The zero-order valence-corrected chi connectivity index (χ0v) is 19.1. The fourth-order valence-electron chi connectivity index (χ4n) is 4.45. The van der Waals surface area contributed by atoms with Crippen molar-refractivity contribution in [3.63, 3.8) is 0 Å². The number of cyclic esters (lactones) is 1. The fraction of sp³-hybridized carbons (Fsp3) is 0.214. The molecular formula is C28H24O8. The average Bonchev–Trinajstić information content (AvgIpc) is 2.89. The van der Waals surface area contributed by atoms with E-state index in [1.54, 1.807) is 36.4 Å². The Kier molecular flexibility index (Phi) is 6.35. The molecule has 4 atom stereocenters. The molecule has 8 heteroatoms. The van der Waals surface area contributed by atoms with E-state index in [-0.39, 0.29) is 35.7 Å². The third-order valence-corrected chi connectivity index (χ3v) is 6.24. The maximum Gasteiger partial charge on any atom is 0.330 e. The quantitative estimate of drug-likeness (QED) is 0.442. The Bertz CT molecular complexity index is 1300. The SMILES string of the molecule is O=C1C=CC[C@@H]([C@@H](O)[C@H](Oc2c(O)cc3c(c2O)C(=O)C[C@@H](c2ccccc2)O3)c2ccccc2)O1. The van der Waals surface area contributed by atoms with Crippen molar-refractivity contribution in [3.8, 4) is 23.0 Å². The minimum atomic E-state index is -1.34. The summed E-state index contributed by atoms with van der Waals surface area (Å²) in [5.74, 6) is -2.38. The summed E-state index contributed by atoms with van der Waals surface area (Å²) in [7, 11) is 0. The second-order valence-electron chi connectivity index (χ2n) is 8.64. The molecular weight excluding hydrogens is 464 g/mol. The van der Waals surface area contributed by atoms with Crippen LogP contribution in [0.25, 0.3) is 0 Å². The van der Waals surface area contributed by atoms with Gasteiger partial charge >= 0.3 is 5.97 Å². The van der Waals surface area contributed by atoms with Crippen LogP contribution >= 0.6 is 0 Å². The molecule has 0 bridgehead atoms. The monoisotopic (exact) mass is 488 g/mol. The lowest BCUT2D eigenvalue weighted by Crippen LogP contribution is -2.39. The molecule has 184 valence electrons. The number of aliphatic hydroxyl groups excluding tert-OH is 1. The normalized spacial score (nSPS) is 20.6. The van der Waals surface area contributed by atoms with Crippen molar-refractivity contribution >= 4 is 11.8 Å². The second-order valence-corrected chi connectivity index (χ2v) is 8.64. The number of Topliss-reactive ketones (excluding diaryl/α,β-unsaturated/α-hetero) is 1. The molecule has 3 aromatic rings. The summed E-state index contributed by atoms with van der Waals surface area (Å²) < 4.78 is 17.2. The number of phenolic OH excluding ortho intramolecular Hbond substituents is 2. The lowest BCUT2D eigenvalue weighted by Gasteiger charge is -2.32. The fourth-order valence-corrected chi connectivity index (χ4v) is 4.45. The van der Waals surface area contributed by atoms with Crippen molar-refractivity contribution in [1.82, 2.24) is 0 Å². The molecule has 0 amide bonds. The number of fused-ring (bicyclic) bond motifs is 1. The van der Waals surface area contributed by atoms with Crippen LogP contribution in [0, 0.1) is 0 Å². The number of ether oxygens (including phenoxy) is 3. The molecule has 0 aliphatic carbocycles. The van der Waals surface area contributed by atoms with E-state index in [1.807, 2.05) is 30.3 Å². The van der Waals surface area contributed by atoms with Gasteiger partial charge < -0.3 is 29.5 Å². The highest BCUT2D eigenvalue weighted by Crippen LogP contribution is 2.50. The molecule has 36 heavy (non-hydrogen) atoms. The average molecular weight is 488 g/mol. The number of hydrogen-bond donors (Lipinski definition) is 3. The van der Waals surface area contributed by atoms with Crippen molar-refractivity contribution in [2.24, 2.45) is 0 Å². The van der Waals surface area contributed by atoms with E-state index in [0.29, 0.717) is 5.56 Å². The van der Waals surface area contributed by atoms with Crippen molar-refractivity contribution in [3.05, 3.63) is 95.6 Å². The summed E-state index contributed by atoms with van der Waals surface area (Å²) in [5.41, 5.74) is 1.20. The maximum atomic E-state index is 13.0. The lowest BCUT2D eigenvalue weighted by molar-refractivity contribution is -0.154. The number of carbonyl (C=O) groups is 2. The summed E-state index contributed by atoms with van der Waals surface area (Å²) in [4.78, 5) is 24.8. The number of phenols is 2. The molecule has 3 N–H and O–H groups in total. The van der Waals surface area contributed by atoms with E-state index in [0.717, 1.165) is 5.56 Å². The summed E-state index contributed by atoms with van der Waals surface area (Å²) in [6, 6.07) is 19.0. The first-order valence-electron chi connectivity index (χ1n) is 11.5. The molecule has 0 radical (unpaired) electrons. The van der Waals surface area contributed by atoms with Gasteiger partial charge in [-0.3, -0.25) is 4.79 Å². The second kappa shape index (κ2) is 9.75. The third-order valence-electron chi connectivity index (χ3n) is 6.24. The van der Waals surface area contributed by atoms with Gasteiger partial charge in [0.1, 0.15) is 29.6 Å². The number of rotatable bonds is 6. The summed E-state index contributed by atoms with van der Waals surface area (Å²) in [6.07, 6.45) is -0.839. The minimum absolute atomic E-state index is 0.0100. The number of esters is 1. The topological polar surface area (TPSA) is 123 Å². The highest BCUT2D eigenvalue weighted by Gasteiger charge is 2.37. The van der Waals surface area contributed by atoms with Crippen LogP contribution in [-0.2, 0) is 9.53 Å². The predicted octanol–water partition coefficient (Wildman–Crippen LogP) is 4.16. The number of carbonyl (C=O) groups excluding carboxylic acids is 2. The number of aromatic hydroxyl groups is 2. The smallest absolute Gasteiger partial charge is 0.330 e. The number of benzene rings is 3. The van der Waals surface area contributed by atoms with E-state index >= 15 is 0 Å². The number of ketones is 1. The number of aliphatic hydroxyl groups is 1. The van der Waals surface area contributed by atoms with Gasteiger partial charge in [-0.25, -0.2) is 4.79 Å². The van der Waals surface area contributed by atoms with E-state index in [4.69, 9.17) is 14.2 Å². The molecule has 2 aliphatic rings. The van der Waals surface area contributed by atoms with Crippen LogP contribution in [0.1, 0.15) is 46.5 Å². The van der Waals surface area contributed by atoms with Crippen molar-refractivity contribution < 1.29 is 39.1 Å². The standard InChI is InChI=1S/C28H24O8/c29-18-14-21(16-8-3-1-4-9-16)34-22-15-19(30)28(26(33)24(18)22)36-27(17-10-5-2-6-11-17)25(32)20-12-7-13-23(31)35-20/h1-11,13,15,20-21,25,27,30,32-33H,12,14H2/t20-,21-,25+,27+/m0/s1. The minimum Gasteiger partial charge on any atom is -0.504 e. The van der Waals surface area contributed by atoms with Crippen molar-refractivity contribution in [2.45, 2.75) is 37.3 Å². The molecule has 0 aromatic heterocycles. The van der Waals surface area contributed by atoms with Gasteiger partial charge in [-0.15, -0.1) is 0 Å². The zero-order valence-electron chi connectivity index (χ0n) is 19.1. The maximum absolute atomic E-state index is 13.0. The Hall–Kier alpha value is -4.30. The Labute approximate surface area is 207 Å². The van der Waals surface area contributed by atoms with E-state index in [9.17, 15) is 24.9 Å². The third kappa shape index (κ3) is 4.50. The van der Waals surface area contributed by atoms with Crippen LogP contribution in [0.2, 0.25) is 0 Å². The van der Waals surface area contributed by atoms with Gasteiger partial charge in [0, 0.05) is 18.6 Å². The lowest BCUT2D eigenvalue weighted by atomic mass is 9.94. The Morgan fingerprint density at radius 2 is 1.64 bits per heavy atom. The molecule has 8 nitrogen and oxygen atoms in total. The molecule has 0 saturated heterocycles. The summed E-state index contributed by atoms with van der Waals surface area (Å²) >= 11 is 0. The predicted molar refractivity (Wildman–Crippen MR) is 128 cm³/mol. The van der Waals surface area contributed by atoms with E-state index in [1.165, 1.54) is 12.1 Å². The van der Waals surface area contributed by atoms with Gasteiger partial charge in [0.05, 0.1) is 6.42 Å². The van der Waals surface area contributed by atoms with Crippen LogP contribution in [0.4, 0.5) is 0 Å². The van der Waals surface area contributed by atoms with Gasteiger partial charge in [-0.2, -0.15) is 0 Å². The van der Waals surface area contributed by atoms with E-state index in [2.05, 4.69) is 0 Å². The first-order valence-corrected chi connectivity index (χ1v) is 11.5. The van der Waals surface area contributed by atoms with Crippen LogP contribution in [0.15, 0.2) is 78.9 Å². The first kappa shape index (κ1) is 23.4. The first-order chi connectivity index (χ1) is 17.4. The van der Waals surface area contributed by atoms with Gasteiger partial charge in [0.25, 0.3) is 0 Å². The highest BCUT2D eigenvalue weighted by molar-refractivity contribution is 6.03. The van der Waals surface area contributed by atoms with Gasteiger partial charge in [-0.1, -0.05) is 66.7 Å². The largest absolute Gasteiger partial charge is 0.504 e. The van der Waals surface area contributed by atoms with Crippen molar-refractivity contribution in [1.29, 1.82) is 0 Å². The molecule has 2 aliphatic heterocycles. The van der Waals surface area contributed by atoms with Crippen molar-refractivity contribution in [2.75, 3.05) is 0 Å². The Morgan fingerprint density at radius 1 is 0.944 bits per heavy atom. The van der Waals surface area contributed by atoms with Gasteiger partial charge in [-0.05, 0) is 11.1 Å². The summed E-state index contributed by atoms with van der Waals surface area (Å²) in [6.45, 7) is 0. The molecule has 3 aromatic carbocycles. The van der Waals surface area contributed by atoms with Crippen LogP contribution in [-0.4, -0.2) is 39.3 Å². The summed E-state index contributed by atoms with van der Waals surface area (Å²) in [5, 5.41) is 32.9. The number of hydrogen-bond acceptors (Lipinski definition) is 8. The van der Waals surface area contributed by atoms with E-state index < -0.39 is 41.9 Å². The van der Waals surface area contributed by atoms with Crippen LogP contribution in [0.3, 0.4) is 0 Å².